The van der Waals surface area contributed by atoms with Gasteiger partial charge in [0.15, 0.2) is 5.82 Å². The number of thiazole rings is 1. The highest BCUT2D eigenvalue weighted by atomic mass is 35.5. The minimum Gasteiger partial charge on any atom is -0.304 e. The summed E-state index contributed by atoms with van der Waals surface area (Å²) in [5, 5.41) is 4.64. The van der Waals surface area contributed by atoms with Crippen LogP contribution in [-0.2, 0) is 0 Å². The van der Waals surface area contributed by atoms with Gasteiger partial charge in [0, 0.05) is 11.6 Å². The van der Waals surface area contributed by atoms with Crippen LogP contribution in [0.4, 0.5) is 5.82 Å². The number of carbonyl (C=O) groups is 1. The number of hydrogen-bond donors (Lipinski definition) is 1. The largest absolute Gasteiger partial charge is 0.304 e. The molecule has 0 saturated carbocycles. The Morgan fingerprint density at radius 2 is 2.33 bits per heavy atom. The summed E-state index contributed by atoms with van der Waals surface area (Å²) in [6.45, 7) is 0. The summed E-state index contributed by atoms with van der Waals surface area (Å²) in [6, 6.07) is 3.35. The highest BCUT2D eigenvalue weighted by Gasteiger charge is 2.10. The molecule has 0 radical (unpaired) electrons. The molecule has 2 aromatic heterocycles. The number of carbonyl (C=O) groups excluding carboxylic acids is 1. The van der Waals surface area contributed by atoms with E-state index < -0.39 is 0 Å². The first-order chi connectivity index (χ1) is 7.27. The summed E-state index contributed by atoms with van der Waals surface area (Å²) in [5.41, 5.74) is 1.95. The Morgan fingerprint density at radius 1 is 1.47 bits per heavy atom. The van der Waals surface area contributed by atoms with Crippen molar-refractivity contribution in [1.82, 2.24) is 9.97 Å². The van der Waals surface area contributed by atoms with Gasteiger partial charge in [0.2, 0.25) is 0 Å². The number of rotatable bonds is 2. The quantitative estimate of drug-likeness (QED) is 0.876. The Morgan fingerprint density at radius 3 is 3.00 bits per heavy atom. The predicted molar refractivity (Wildman–Crippen MR) is 59.3 cm³/mol. The molecule has 0 spiro atoms. The van der Waals surface area contributed by atoms with Gasteiger partial charge in [-0.15, -0.1) is 11.3 Å². The van der Waals surface area contributed by atoms with Crippen LogP contribution >= 0.6 is 22.9 Å². The van der Waals surface area contributed by atoms with Crippen molar-refractivity contribution in [2.24, 2.45) is 0 Å². The normalized spacial score (nSPS) is 9.93. The monoisotopic (exact) mass is 239 g/mol. The third-order valence-electron chi connectivity index (χ3n) is 1.66. The fraction of sp³-hybridized carbons (Fsp3) is 0. The minimum absolute atomic E-state index is 0.308. The van der Waals surface area contributed by atoms with E-state index in [-0.39, 0.29) is 5.91 Å². The van der Waals surface area contributed by atoms with Gasteiger partial charge < -0.3 is 5.32 Å². The lowest BCUT2D eigenvalue weighted by Gasteiger charge is -2.03. The summed E-state index contributed by atoms with van der Waals surface area (Å²) in [4.78, 5) is 19.4. The molecular weight excluding hydrogens is 234 g/mol. The van der Waals surface area contributed by atoms with Crippen LogP contribution in [0.1, 0.15) is 10.5 Å². The zero-order valence-corrected chi connectivity index (χ0v) is 9.05. The van der Waals surface area contributed by atoms with E-state index in [1.807, 2.05) is 0 Å². The van der Waals surface area contributed by atoms with Crippen LogP contribution in [0.25, 0.3) is 0 Å². The third-order valence-corrected chi connectivity index (χ3v) is 2.55. The van der Waals surface area contributed by atoms with Gasteiger partial charge in [-0.1, -0.05) is 11.6 Å². The first-order valence-electron chi connectivity index (χ1n) is 4.07. The van der Waals surface area contributed by atoms with Gasteiger partial charge in [-0.25, -0.2) is 9.97 Å². The molecule has 0 aliphatic heterocycles. The van der Waals surface area contributed by atoms with Gasteiger partial charge in [-0.2, -0.15) is 0 Å². The predicted octanol–water partition coefficient (Wildman–Crippen LogP) is 2.44. The van der Waals surface area contributed by atoms with Crippen LogP contribution in [0.5, 0.6) is 0 Å². The maximum absolute atomic E-state index is 11.6. The lowest BCUT2D eigenvalue weighted by Crippen LogP contribution is -2.13. The SMILES string of the molecule is O=C(Nc1ncccc1Cl)c1cscn1. The van der Waals surface area contributed by atoms with Crippen LogP contribution in [-0.4, -0.2) is 15.9 Å². The molecule has 0 aliphatic carbocycles. The molecule has 0 saturated heterocycles. The number of hydrogen-bond acceptors (Lipinski definition) is 4. The van der Waals surface area contributed by atoms with Crippen molar-refractivity contribution in [3.05, 3.63) is 39.9 Å². The smallest absolute Gasteiger partial charge is 0.276 e. The van der Waals surface area contributed by atoms with Crippen LogP contribution in [0.15, 0.2) is 29.2 Å². The molecule has 0 aromatic carbocycles. The first-order valence-corrected chi connectivity index (χ1v) is 5.39. The van der Waals surface area contributed by atoms with Crippen molar-refractivity contribution in [3.63, 3.8) is 0 Å². The molecule has 2 aromatic rings. The second-order valence-corrected chi connectivity index (χ2v) is 3.79. The maximum atomic E-state index is 11.6. The molecule has 0 fully saturated rings. The van der Waals surface area contributed by atoms with E-state index in [1.165, 1.54) is 11.3 Å². The van der Waals surface area contributed by atoms with Crippen LogP contribution in [0, 0.1) is 0 Å². The van der Waals surface area contributed by atoms with E-state index >= 15 is 0 Å². The van der Waals surface area contributed by atoms with Gasteiger partial charge in [-0.05, 0) is 12.1 Å². The molecule has 76 valence electrons. The second-order valence-electron chi connectivity index (χ2n) is 2.66. The third kappa shape index (κ3) is 2.31. The molecule has 0 bridgehead atoms. The molecule has 1 N–H and O–H groups in total. The number of pyridine rings is 1. The Hall–Kier alpha value is -1.46. The average Bonchev–Trinajstić information content (AvgIpc) is 2.74. The number of amides is 1. The van der Waals surface area contributed by atoms with E-state index in [2.05, 4.69) is 15.3 Å². The topological polar surface area (TPSA) is 54.9 Å². The maximum Gasteiger partial charge on any atom is 0.276 e. The van der Waals surface area contributed by atoms with Gasteiger partial charge in [0.25, 0.3) is 5.91 Å². The molecule has 0 atom stereocenters. The van der Waals surface area contributed by atoms with Crippen LogP contribution < -0.4 is 5.32 Å². The van der Waals surface area contributed by atoms with E-state index in [1.54, 1.807) is 29.2 Å². The molecule has 1 amide bonds. The molecule has 6 heteroatoms. The summed E-state index contributed by atoms with van der Waals surface area (Å²) < 4.78 is 0. The van der Waals surface area contributed by atoms with Crippen molar-refractivity contribution in [2.45, 2.75) is 0 Å². The van der Waals surface area contributed by atoms with Crippen LogP contribution in [0.3, 0.4) is 0 Å². The Balaban J connectivity index is 2.17. The summed E-state index contributed by atoms with van der Waals surface area (Å²) in [6.07, 6.45) is 1.56. The highest BCUT2D eigenvalue weighted by molar-refractivity contribution is 7.07. The number of aromatic nitrogens is 2. The molecule has 0 aliphatic rings. The molecular formula is C9H6ClN3OS. The minimum atomic E-state index is -0.308. The molecule has 2 rings (SSSR count). The molecule has 2 heterocycles. The molecule has 0 unspecified atom stereocenters. The lowest BCUT2D eigenvalue weighted by molar-refractivity contribution is 0.102. The van der Waals surface area contributed by atoms with Crippen molar-refractivity contribution in [3.8, 4) is 0 Å². The molecule has 4 nitrogen and oxygen atoms in total. The Bertz CT molecular complexity index is 472. The zero-order valence-electron chi connectivity index (χ0n) is 7.48. The number of nitrogens with one attached hydrogen (secondary N) is 1. The van der Waals surface area contributed by atoms with Crippen molar-refractivity contribution < 1.29 is 4.79 Å². The van der Waals surface area contributed by atoms with Gasteiger partial charge in [-0.3, -0.25) is 4.79 Å². The Labute approximate surface area is 94.9 Å². The van der Waals surface area contributed by atoms with Crippen LogP contribution in [0.2, 0.25) is 5.02 Å². The number of nitrogens with zero attached hydrogens (tertiary/aromatic N) is 2. The van der Waals surface area contributed by atoms with E-state index in [0.717, 1.165) is 0 Å². The van der Waals surface area contributed by atoms with Gasteiger partial charge >= 0.3 is 0 Å². The first kappa shape index (κ1) is 10.1. The Kier molecular flexibility index (Phi) is 2.94. The van der Waals surface area contributed by atoms with Crippen molar-refractivity contribution >= 4 is 34.7 Å². The van der Waals surface area contributed by atoms with E-state index in [4.69, 9.17) is 11.6 Å². The molecule has 15 heavy (non-hydrogen) atoms. The fourth-order valence-corrected chi connectivity index (χ4v) is 1.67. The zero-order chi connectivity index (χ0) is 10.7. The van der Waals surface area contributed by atoms with E-state index in [0.29, 0.717) is 16.5 Å². The summed E-state index contributed by atoms with van der Waals surface area (Å²) in [7, 11) is 0. The van der Waals surface area contributed by atoms with Gasteiger partial charge in [0.05, 0.1) is 10.5 Å². The highest BCUT2D eigenvalue weighted by Crippen LogP contribution is 2.18. The van der Waals surface area contributed by atoms with Crippen molar-refractivity contribution in [1.29, 1.82) is 0 Å². The fourth-order valence-electron chi connectivity index (χ4n) is 0.974. The average molecular weight is 240 g/mol. The number of anilines is 1. The lowest BCUT2D eigenvalue weighted by atomic mass is 10.4. The number of halogens is 1. The summed E-state index contributed by atoms with van der Waals surface area (Å²) >= 11 is 7.19. The standard InChI is InChI=1S/C9H6ClN3OS/c10-6-2-1-3-11-8(6)13-9(14)7-4-15-5-12-7/h1-5H,(H,11,13,14). The summed E-state index contributed by atoms with van der Waals surface area (Å²) in [5.74, 6) is 0.0361. The van der Waals surface area contributed by atoms with Crippen molar-refractivity contribution in [2.75, 3.05) is 5.32 Å². The van der Waals surface area contributed by atoms with E-state index in [9.17, 15) is 4.79 Å². The van der Waals surface area contributed by atoms with Gasteiger partial charge in [0.1, 0.15) is 5.69 Å². The second kappa shape index (κ2) is 4.37.